The summed E-state index contributed by atoms with van der Waals surface area (Å²) in [6.45, 7) is 0. The normalized spacial score (nSPS) is 27.4. The minimum absolute atomic E-state index is 0.391. The van der Waals surface area contributed by atoms with E-state index in [9.17, 15) is 19.2 Å². The zero-order valence-electron chi connectivity index (χ0n) is 7.10. The van der Waals surface area contributed by atoms with Crippen LogP contribution < -0.4 is 0 Å². The maximum absolute atomic E-state index is 11.2. The van der Waals surface area contributed by atoms with E-state index in [4.69, 9.17) is 10.2 Å². The molecule has 1 aliphatic carbocycles. The number of carbonyl (C=O) groups excluding carboxylic acids is 2. The molecule has 1 aliphatic rings. The average Bonchev–Trinajstić information content (AvgIpc) is 2.07. The molecule has 6 nitrogen and oxygen atoms in total. The van der Waals surface area contributed by atoms with E-state index in [1.54, 1.807) is 0 Å². The van der Waals surface area contributed by atoms with Crippen molar-refractivity contribution in [2.45, 2.75) is 12.8 Å². The third-order valence-corrected chi connectivity index (χ3v) is 2.15. The molecule has 0 radical (unpaired) electrons. The molecule has 1 fully saturated rings. The van der Waals surface area contributed by atoms with Crippen LogP contribution in [0.1, 0.15) is 12.8 Å². The Morgan fingerprint density at radius 1 is 1.00 bits per heavy atom. The molecule has 0 aliphatic heterocycles. The Kier molecular flexibility index (Phi) is 2.64. The standard InChI is InChI=1S/C8H8O6/c9-3-1-4(7(11)12)6(10)5(2-3)8(13)14/h4-5H,1-2H2,(H,11,12)(H,13,14). The molecule has 1 rings (SSSR count). The molecular weight excluding hydrogens is 192 g/mol. The van der Waals surface area contributed by atoms with Gasteiger partial charge in [0.2, 0.25) is 0 Å². The first-order valence-electron chi connectivity index (χ1n) is 3.94. The molecule has 1 saturated carbocycles. The van der Waals surface area contributed by atoms with Crippen molar-refractivity contribution in [1.82, 2.24) is 0 Å². The van der Waals surface area contributed by atoms with Crippen LogP contribution in [0.3, 0.4) is 0 Å². The van der Waals surface area contributed by atoms with Crippen molar-refractivity contribution in [3.8, 4) is 0 Å². The molecule has 0 spiro atoms. The van der Waals surface area contributed by atoms with Crippen molar-refractivity contribution in [2.75, 3.05) is 0 Å². The number of carboxylic acids is 2. The van der Waals surface area contributed by atoms with E-state index in [-0.39, 0.29) is 0 Å². The van der Waals surface area contributed by atoms with Crippen LogP contribution in [0.4, 0.5) is 0 Å². The number of rotatable bonds is 2. The van der Waals surface area contributed by atoms with E-state index in [1.165, 1.54) is 0 Å². The molecule has 0 aromatic rings. The van der Waals surface area contributed by atoms with Gasteiger partial charge in [-0.15, -0.1) is 0 Å². The Hall–Kier alpha value is -1.72. The van der Waals surface area contributed by atoms with Gasteiger partial charge in [-0.05, 0) is 0 Å². The van der Waals surface area contributed by atoms with Crippen molar-refractivity contribution < 1.29 is 29.4 Å². The fourth-order valence-electron chi connectivity index (χ4n) is 1.40. The van der Waals surface area contributed by atoms with Crippen molar-refractivity contribution >= 4 is 23.5 Å². The van der Waals surface area contributed by atoms with Crippen molar-refractivity contribution in [3.63, 3.8) is 0 Å². The van der Waals surface area contributed by atoms with Crippen LogP contribution in [0, 0.1) is 11.8 Å². The second-order valence-electron chi connectivity index (χ2n) is 3.13. The first kappa shape index (κ1) is 10.4. The monoisotopic (exact) mass is 200 g/mol. The largest absolute Gasteiger partial charge is 0.481 e. The molecule has 14 heavy (non-hydrogen) atoms. The quantitative estimate of drug-likeness (QED) is 0.571. The Balaban J connectivity index is 2.92. The van der Waals surface area contributed by atoms with Gasteiger partial charge in [0.25, 0.3) is 0 Å². The van der Waals surface area contributed by atoms with Crippen molar-refractivity contribution in [1.29, 1.82) is 0 Å². The maximum Gasteiger partial charge on any atom is 0.314 e. The topological polar surface area (TPSA) is 109 Å². The summed E-state index contributed by atoms with van der Waals surface area (Å²) in [5.74, 6) is -7.23. The van der Waals surface area contributed by atoms with Gasteiger partial charge in [0.1, 0.15) is 17.6 Å². The van der Waals surface area contributed by atoms with Crippen LogP contribution in [-0.4, -0.2) is 33.7 Å². The summed E-state index contributed by atoms with van der Waals surface area (Å²) >= 11 is 0. The van der Waals surface area contributed by atoms with E-state index in [1.807, 2.05) is 0 Å². The summed E-state index contributed by atoms with van der Waals surface area (Å²) in [5.41, 5.74) is 0. The lowest BCUT2D eigenvalue weighted by atomic mass is 9.79. The highest BCUT2D eigenvalue weighted by atomic mass is 16.4. The van der Waals surface area contributed by atoms with Crippen molar-refractivity contribution in [3.05, 3.63) is 0 Å². The van der Waals surface area contributed by atoms with E-state index < -0.39 is 48.2 Å². The molecule has 2 atom stereocenters. The van der Waals surface area contributed by atoms with Crippen LogP contribution in [0.2, 0.25) is 0 Å². The average molecular weight is 200 g/mol. The predicted octanol–water partition coefficient (Wildman–Crippen LogP) is -0.680. The second-order valence-corrected chi connectivity index (χ2v) is 3.13. The number of carboxylic acid groups (broad SMARTS) is 2. The fraction of sp³-hybridized carbons (Fsp3) is 0.500. The number of ketones is 2. The van der Waals surface area contributed by atoms with E-state index in [2.05, 4.69) is 0 Å². The Labute approximate surface area is 78.5 Å². The third-order valence-electron chi connectivity index (χ3n) is 2.15. The second kappa shape index (κ2) is 3.57. The SMILES string of the molecule is O=C1CC(C(=O)O)C(=O)C(C(=O)O)C1. The highest BCUT2D eigenvalue weighted by Gasteiger charge is 2.43. The zero-order valence-corrected chi connectivity index (χ0v) is 7.10. The summed E-state index contributed by atoms with van der Waals surface area (Å²) < 4.78 is 0. The van der Waals surface area contributed by atoms with Gasteiger partial charge in [0.05, 0.1) is 0 Å². The first-order valence-corrected chi connectivity index (χ1v) is 3.94. The summed E-state index contributed by atoms with van der Waals surface area (Å²) in [6.07, 6.45) is -0.782. The smallest absolute Gasteiger partial charge is 0.314 e. The Bertz CT molecular complexity index is 290. The van der Waals surface area contributed by atoms with Crippen LogP contribution in [0.15, 0.2) is 0 Å². The van der Waals surface area contributed by atoms with Gasteiger partial charge in [-0.1, -0.05) is 0 Å². The van der Waals surface area contributed by atoms with Gasteiger partial charge in [-0.3, -0.25) is 19.2 Å². The third kappa shape index (κ3) is 1.78. The Morgan fingerprint density at radius 2 is 1.36 bits per heavy atom. The fourth-order valence-corrected chi connectivity index (χ4v) is 1.40. The van der Waals surface area contributed by atoms with Gasteiger partial charge in [-0.2, -0.15) is 0 Å². The molecule has 76 valence electrons. The summed E-state index contributed by atoms with van der Waals surface area (Å²) in [7, 11) is 0. The lowest BCUT2D eigenvalue weighted by Crippen LogP contribution is -2.41. The van der Waals surface area contributed by atoms with Gasteiger partial charge >= 0.3 is 11.9 Å². The number of hydrogen-bond donors (Lipinski definition) is 2. The molecule has 0 aromatic carbocycles. The molecule has 0 aromatic heterocycles. The summed E-state index contributed by atoms with van der Waals surface area (Å²) in [4.78, 5) is 43.2. The van der Waals surface area contributed by atoms with Crippen LogP contribution in [0.5, 0.6) is 0 Å². The molecule has 0 bridgehead atoms. The van der Waals surface area contributed by atoms with E-state index in [0.717, 1.165) is 0 Å². The van der Waals surface area contributed by atoms with Gasteiger partial charge in [0, 0.05) is 12.8 Å². The van der Waals surface area contributed by atoms with Crippen LogP contribution >= 0.6 is 0 Å². The summed E-state index contributed by atoms with van der Waals surface area (Å²) in [6, 6.07) is 0. The lowest BCUT2D eigenvalue weighted by molar-refractivity contribution is -0.158. The minimum atomic E-state index is -1.49. The molecule has 0 amide bonds. The van der Waals surface area contributed by atoms with Gasteiger partial charge in [0.15, 0.2) is 5.78 Å². The molecule has 0 heterocycles. The van der Waals surface area contributed by atoms with E-state index in [0.29, 0.717) is 0 Å². The number of Topliss-reactive ketones (excluding diaryl/α,β-unsaturated/α-hetero) is 2. The molecule has 6 heteroatoms. The Morgan fingerprint density at radius 3 is 1.64 bits per heavy atom. The number of carbonyl (C=O) groups is 4. The van der Waals surface area contributed by atoms with E-state index >= 15 is 0 Å². The van der Waals surface area contributed by atoms with Crippen LogP contribution in [-0.2, 0) is 19.2 Å². The maximum atomic E-state index is 11.2. The first-order chi connectivity index (χ1) is 6.43. The highest BCUT2D eigenvalue weighted by molar-refractivity contribution is 6.13. The lowest BCUT2D eigenvalue weighted by Gasteiger charge is -2.21. The minimum Gasteiger partial charge on any atom is -0.481 e. The molecular formula is C8H8O6. The number of aliphatic carboxylic acids is 2. The molecule has 2 unspecified atom stereocenters. The number of hydrogen-bond acceptors (Lipinski definition) is 4. The molecule has 0 saturated heterocycles. The van der Waals surface area contributed by atoms with Crippen LogP contribution in [0.25, 0.3) is 0 Å². The van der Waals surface area contributed by atoms with Gasteiger partial charge < -0.3 is 10.2 Å². The van der Waals surface area contributed by atoms with Crippen molar-refractivity contribution in [2.24, 2.45) is 11.8 Å². The summed E-state index contributed by atoms with van der Waals surface area (Å²) in [5, 5.41) is 17.1. The highest BCUT2D eigenvalue weighted by Crippen LogP contribution is 2.23. The predicted molar refractivity (Wildman–Crippen MR) is 41.5 cm³/mol. The molecule has 2 N–H and O–H groups in total. The van der Waals surface area contributed by atoms with Gasteiger partial charge in [-0.25, -0.2) is 0 Å². The zero-order chi connectivity index (χ0) is 10.9.